The molecule has 0 saturated heterocycles. The van der Waals surface area contributed by atoms with E-state index in [0.29, 0.717) is 0 Å². The molecule has 0 bridgehead atoms. The summed E-state index contributed by atoms with van der Waals surface area (Å²) in [7, 11) is 0. The minimum Gasteiger partial charge on any atom is -0.372 e. The molecule has 2 aliphatic rings. The van der Waals surface area contributed by atoms with Crippen molar-refractivity contribution in [3.05, 3.63) is 77.8 Å². The molecule has 2 aromatic carbocycles. The Balaban J connectivity index is 0.00000245. The van der Waals surface area contributed by atoms with Gasteiger partial charge in [0.2, 0.25) is 0 Å². The fourth-order valence-electron chi connectivity index (χ4n) is 4.02. The van der Waals surface area contributed by atoms with Gasteiger partial charge in [-0.15, -0.1) is 11.3 Å². The fraction of sp³-hybridized carbons (Fsp3) is 0.192. The molecule has 6 heteroatoms. The maximum absolute atomic E-state index is 5.07. The Morgan fingerprint density at radius 2 is 1.78 bits per heavy atom. The number of para-hydroxylation sites is 1. The van der Waals surface area contributed by atoms with Crippen molar-refractivity contribution in [2.75, 3.05) is 18.0 Å². The monoisotopic (exact) mass is 483 g/mol. The number of aromatic nitrogens is 2. The van der Waals surface area contributed by atoms with Gasteiger partial charge in [-0.25, -0.2) is 9.98 Å². The fourth-order valence-corrected chi connectivity index (χ4v) is 5.03. The van der Waals surface area contributed by atoms with E-state index in [1.54, 1.807) is 11.3 Å². The van der Waals surface area contributed by atoms with Crippen LogP contribution in [0.4, 0.5) is 11.4 Å². The van der Waals surface area contributed by atoms with Crippen LogP contribution in [-0.4, -0.2) is 23.1 Å². The molecule has 2 heterocycles. The van der Waals surface area contributed by atoms with Crippen LogP contribution in [0.1, 0.15) is 19.4 Å². The molecule has 4 nitrogen and oxygen atoms in total. The van der Waals surface area contributed by atoms with Crippen molar-refractivity contribution in [3.8, 4) is 10.6 Å². The van der Waals surface area contributed by atoms with Crippen LogP contribution in [-0.2, 0) is 16.8 Å². The van der Waals surface area contributed by atoms with Crippen LogP contribution in [0.5, 0.6) is 0 Å². The number of hydrogen-bond acceptors (Lipinski definition) is 5. The summed E-state index contributed by atoms with van der Waals surface area (Å²) in [6.07, 6.45) is 1.83. The van der Waals surface area contributed by atoms with E-state index in [2.05, 4.69) is 79.2 Å². The minimum absolute atomic E-state index is 0. The molecule has 0 atom stereocenters. The number of fused-ring (bicyclic) bond motifs is 4. The van der Waals surface area contributed by atoms with E-state index in [0.717, 1.165) is 55.8 Å². The van der Waals surface area contributed by atoms with Gasteiger partial charge < -0.3 is 4.90 Å². The molecule has 3 aromatic rings. The molecule has 1 aromatic heterocycles. The smallest absolute Gasteiger partial charge is 0.107 e. The van der Waals surface area contributed by atoms with Gasteiger partial charge in [-0.2, -0.15) is 0 Å². The van der Waals surface area contributed by atoms with Gasteiger partial charge in [0.25, 0.3) is 0 Å². The van der Waals surface area contributed by atoms with Gasteiger partial charge in [-0.05, 0) is 74.9 Å². The average molecular weight is 484 g/mol. The summed E-state index contributed by atoms with van der Waals surface area (Å²) in [5, 5.41) is 1.96. The molecular formula is C26H24CoN4S. The van der Waals surface area contributed by atoms with Crippen molar-refractivity contribution in [1.29, 1.82) is 0 Å². The van der Waals surface area contributed by atoms with E-state index in [-0.39, 0.29) is 16.8 Å². The van der Waals surface area contributed by atoms with Crippen molar-refractivity contribution < 1.29 is 16.8 Å². The van der Waals surface area contributed by atoms with Crippen molar-refractivity contribution in [3.63, 3.8) is 0 Å². The van der Waals surface area contributed by atoms with Gasteiger partial charge in [0.15, 0.2) is 0 Å². The Hall–Kier alpha value is -2.80. The maximum Gasteiger partial charge on any atom is 0.107 e. The van der Waals surface area contributed by atoms with Crippen molar-refractivity contribution in [2.45, 2.75) is 20.8 Å². The summed E-state index contributed by atoms with van der Waals surface area (Å²) in [4.78, 5) is 18.1. The minimum atomic E-state index is 0. The normalized spacial score (nSPS) is 11.8. The first-order valence-electron chi connectivity index (χ1n) is 10.7. The van der Waals surface area contributed by atoms with Crippen LogP contribution in [0, 0.1) is 6.92 Å². The van der Waals surface area contributed by atoms with Crippen LogP contribution in [0.15, 0.2) is 71.9 Å². The summed E-state index contributed by atoms with van der Waals surface area (Å²) in [5.74, 6) is 0. The Morgan fingerprint density at radius 3 is 2.56 bits per heavy atom. The van der Waals surface area contributed by atoms with Gasteiger partial charge in [0.1, 0.15) is 5.69 Å². The molecule has 32 heavy (non-hydrogen) atoms. The second-order valence-electron chi connectivity index (χ2n) is 7.58. The molecule has 1 radical (unpaired) electrons. The molecule has 0 amide bonds. The van der Waals surface area contributed by atoms with E-state index in [1.807, 2.05) is 18.3 Å². The van der Waals surface area contributed by atoms with Crippen LogP contribution in [0.2, 0.25) is 0 Å². The zero-order valence-electron chi connectivity index (χ0n) is 18.3. The third-order valence-corrected chi connectivity index (χ3v) is 6.77. The zero-order valence-corrected chi connectivity index (χ0v) is 20.2. The maximum atomic E-state index is 5.07. The summed E-state index contributed by atoms with van der Waals surface area (Å²) in [5.41, 5.74) is 6.23. The van der Waals surface area contributed by atoms with Crippen LogP contribution in [0.25, 0.3) is 31.7 Å². The molecule has 163 valence electrons. The number of nitrogens with zero attached hydrogens (tertiary/aromatic N) is 4. The van der Waals surface area contributed by atoms with E-state index < -0.39 is 0 Å². The van der Waals surface area contributed by atoms with Gasteiger partial charge in [0, 0.05) is 47.1 Å². The first-order chi connectivity index (χ1) is 15.2. The largest absolute Gasteiger partial charge is 0.372 e. The summed E-state index contributed by atoms with van der Waals surface area (Å²) in [6.45, 7) is 8.49. The number of aryl methyl sites for hydroxylation is 1. The third kappa shape index (κ3) is 4.01. The Labute approximate surface area is 202 Å². The molecule has 5 rings (SSSR count). The number of rotatable bonds is 4. The third-order valence-electron chi connectivity index (χ3n) is 5.68. The average Bonchev–Trinajstić information content (AvgIpc) is 2.80. The molecule has 0 N–H and O–H groups in total. The second kappa shape index (κ2) is 9.36. The number of benzene rings is 3. The standard InChI is InChI=1S/C26H24N4S.Co/c1-4-30(5-2)18-12-13-20(17(3)15-18)28-22-16-24-26(25-19(22)9-8-14-27-25)29-21-10-6-7-11-23(21)31-24;/h6-16H,4-5H2,1-3H3;. The van der Waals surface area contributed by atoms with E-state index in [4.69, 9.17) is 9.98 Å². The van der Waals surface area contributed by atoms with Crippen molar-refractivity contribution in [2.24, 2.45) is 4.99 Å². The Morgan fingerprint density at radius 1 is 0.969 bits per heavy atom. The van der Waals surface area contributed by atoms with Crippen molar-refractivity contribution in [1.82, 2.24) is 9.97 Å². The quantitative estimate of drug-likeness (QED) is 0.221. The van der Waals surface area contributed by atoms with Crippen molar-refractivity contribution >= 4 is 43.8 Å². The summed E-state index contributed by atoms with van der Waals surface area (Å²) < 4.78 is 1.16. The Kier molecular flexibility index (Phi) is 6.55. The van der Waals surface area contributed by atoms with Gasteiger partial charge in [-0.3, -0.25) is 4.98 Å². The zero-order chi connectivity index (χ0) is 21.4. The van der Waals surface area contributed by atoms with Gasteiger partial charge in [0.05, 0.1) is 31.7 Å². The van der Waals surface area contributed by atoms with Crippen LogP contribution in [0.3, 0.4) is 0 Å². The number of hydrogen-bond donors (Lipinski definition) is 0. The summed E-state index contributed by atoms with van der Waals surface area (Å²) >= 11 is 1.74. The molecular weight excluding hydrogens is 459 g/mol. The van der Waals surface area contributed by atoms with E-state index in [1.165, 1.54) is 11.3 Å². The van der Waals surface area contributed by atoms with E-state index >= 15 is 0 Å². The van der Waals surface area contributed by atoms with E-state index in [9.17, 15) is 0 Å². The van der Waals surface area contributed by atoms with Crippen LogP contribution >= 0.6 is 11.3 Å². The molecule has 1 aliphatic carbocycles. The molecule has 0 saturated carbocycles. The molecule has 0 unspecified atom stereocenters. The molecule has 0 spiro atoms. The topological polar surface area (TPSA) is 41.4 Å². The summed E-state index contributed by atoms with van der Waals surface area (Å²) in [6, 6.07) is 21.0. The first-order valence-corrected chi connectivity index (χ1v) is 11.5. The van der Waals surface area contributed by atoms with Gasteiger partial charge in [-0.1, -0.05) is 12.1 Å². The predicted octanol–water partition coefficient (Wildman–Crippen LogP) is 6.33. The number of anilines is 1. The molecule has 0 fully saturated rings. The van der Waals surface area contributed by atoms with Crippen LogP contribution < -0.4 is 10.3 Å². The number of pyridine rings is 1. The van der Waals surface area contributed by atoms with Gasteiger partial charge >= 0.3 is 0 Å². The first kappa shape index (κ1) is 22.4. The Bertz CT molecular complexity index is 1440. The second-order valence-corrected chi connectivity index (χ2v) is 8.66. The molecule has 1 aliphatic heterocycles. The SMILES string of the molecule is CCN(CC)c1ccc(N=c2cc3sc4ccccc4nc-3c3ncccc23)c(C)c1.[Co]. The predicted molar refractivity (Wildman–Crippen MR) is 132 cm³/mol.